The molecule has 0 aliphatic carbocycles. The van der Waals surface area contributed by atoms with E-state index in [2.05, 4.69) is 40.6 Å². The maximum atomic E-state index is 5.84. The molecule has 86 valence electrons. The minimum Gasteiger partial charge on any atom is -0.325 e. The lowest BCUT2D eigenvalue weighted by Crippen LogP contribution is -2.04. The third-order valence-corrected chi connectivity index (χ3v) is 3.30. The molecule has 17 heavy (non-hydrogen) atoms. The largest absolute Gasteiger partial charge is 0.325 e. The van der Waals surface area contributed by atoms with E-state index in [1.54, 1.807) is 0 Å². The number of benzene rings is 1. The molecule has 3 heteroatoms. The molecule has 0 atom stereocenters. The van der Waals surface area contributed by atoms with Crippen LogP contribution in [0.3, 0.4) is 0 Å². The van der Waals surface area contributed by atoms with Gasteiger partial charge in [-0.05, 0) is 36.9 Å². The summed E-state index contributed by atoms with van der Waals surface area (Å²) < 4.78 is 2.18. The Balaban J connectivity index is 2.61. The van der Waals surface area contributed by atoms with Crippen molar-refractivity contribution in [3.8, 4) is 0 Å². The monoisotopic (exact) mass is 225 g/mol. The van der Waals surface area contributed by atoms with Crippen molar-refractivity contribution in [3.63, 3.8) is 0 Å². The quantitative estimate of drug-likeness (QED) is 0.691. The molecule has 0 spiro atoms. The molecule has 2 aromatic heterocycles. The smallest absolute Gasteiger partial charge is 0.137 e. The Kier molecular flexibility index (Phi) is 2.16. The molecule has 2 heterocycles. The van der Waals surface area contributed by atoms with Gasteiger partial charge in [0, 0.05) is 6.54 Å². The van der Waals surface area contributed by atoms with Gasteiger partial charge in [0.2, 0.25) is 0 Å². The van der Waals surface area contributed by atoms with Gasteiger partial charge in [-0.2, -0.15) is 0 Å². The molecule has 0 saturated carbocycles. The van der Waals surface area contributed by atoms with E-state index in [1.165, 1.54) is 16.5 Å². The van der Waals surface area contributed by atoms with Crippen LogP contribution >= 0.6 is 0 Å². The molecule has 0 amide bonds. The number of nitrogens with two attached hydrogens (primary N) is 1. The highest BCUT2D eigenvalue weighted by atomic mass is 15.0. The number of rotatable bonds is 1. The maximum absolute atomic E-state index is 5.84. The summed E-state index contributed by atoms with van der Waals surface area (Å²) in [4.78, 5) is 4.56. The van der Waals surface area contributed by atoms with Crippen LogP contribution in [-0.4, -0.2) is 9.38 Å². The van der Waals surface area contributed by atoms with Crippen molar-refractivity contribution < 1.29 is 0 Å². The van der Waals surface area contributed by atoms with Gasteiger partial charge in [-0.25, -0.2) is 4.98 Å². The van der Waals surface area contributed by atoms with E-state index in [4.69, 9.17) is 5.73 Å². The second kappa shape index (κ2) is 3.57. The Labute approximate surface area is 99.9 Å². The van der Waals surface area contributed by atoms with E-state index in [9.17, 15) is 0 Å². The Hall–Kier alpha value is -1.87. The van der Waals surface area contributed by atoms with Crippen molar-refractivity contribution >= 4 is 16.6 Å². The average molecular weight is 225 g/mol. The maximum Gasteiger partial charge on any atom is 0.137 e. The summed E-state index contributed by atoms with van der Waals surface area (Å²) >= 11 is 0. The first kappa shape index (κ1) is 10.3. The highest BCUT2D eigenvalue weighted by Gasteiger charge is 2.10. The molecule has 3 aromatic rings. The predicted octanol–water partition coefficient (Wildman–Crippen LogP) is 2.56. The number of hydrogen-bond acceptors (Lipinski definition) is 2. The van der Waals surface area contributed by atoms with Crippen LogP contribution < -0.4 is 5.73 Å². The lowest BCUT2D eigenvalue weighted by Gasteiger charge is -2.08. The third kappa shape index (κ3) is 1.36. The van der Waals surface area contributed by atoms with Crippen LogP contribution in [0.5, 0.6) is 0 Å². The molecule has 2 N–H and O–H groups in total. The summed E-state index contributed by atoms with van der Waals surface area (Å²) in [5.41, 5.74) is 11.4. The summed E-state index contributed by atoms with van der Waals surface area (Å²) in [6, 6.07) is 10.5. The number of nitrogens with zero attached hydrogens (tertiary/aromatic N) is 2. The summed E-state index contributed by atoms with van der Waals surface area (Å²) in [6.45, 7) is 4.65. The summed E-state index contributed by atoms with van der Waals surface area (Å²) in [5.74, 6) is 0. The normalized spacial score (nSPS) is 11.5. The number of imidazole rings is 1. The second-order valence-electron chi connectivity index (χ2n) is 4.39. The van der Waals surface area contributed by atoms with Crippen LogP contribution in [0.2, 0.25) is 0 Å². The van der Waals surface area contributed by atoms with Crippen molar-refractivity contribution in [1.82, 2.24) is 9.38 Å². The van der Waals surface area contributed by atoms with Crippen LogP contribution in [0.4, 0.5) is 0 Å². The van der Waals surface area contributed by atoms with Gasteiger partial charge in [0.1, 0.15) is 5.65 Å². The van der Waals surface area contributed by atoms with Crippen LogP contribution in [0, 0.1) is 13.8 Å². The van der Waals surface area contributed by atoms with E-state index in [0.29, 0.717) is 6.54 Å². The van der Waals surface area contributed by atoms with Gasteiger partial charge in [0.05, 0.1) is 16.9 Å². The zero-order valence-corrected chi connectivity index (χ0v) is 10.1. The molecule has 0 fully saturated rings. The van der Waals surface area contributed by atoms with Crippen LogP contribution in [0.1, 0.15) is 17.0 Å². The average Bonchev–Trinajstić information content (AvgIpc) is 2.64. The molecule has 3 rings (SSSR count). The summed E-state index contributed by atoms with van der Waals surface area (Å²) in [7, 11) is 0. The fourth-order valence-corrected chi connectivity index (χ4v) is 2.47. The first-order valence-electron chi connectivity index (χ1n) is 5.78. The van der Waals surface area contributed by atoms with Crippen LogP contribution in [-0.2, 0) is 6.54 Å². The van der Waals surface area contributed by atoms with Gasteiger partial charge < -0.3 is 5.73 Å². The first-order chi connectivity index (χ1) is 8.22. The fraction of sp³-hybridized carbons (Fsp3) is 0.214. The molecule has 0 saturated heterocycles. The lowest BCUT2D eigenvalue weighted by molar-refractivity contribution is 0.959. The van der Waals surface area contributed by atoms with Crippen molar-refractivity contribution in [3.05, 3.63) is 47.3 Å². The van der Waals surface area contributed by atoms with E-state index in [0.717, 1.165) is 17.0 Å². The number of fused-ring (bicyclic) bond motifs is 3. The van der Waals surface area contributed by atoms with Crippen molar-refractivity contribution in [2.45, 2.75) is 20.4 Å². The molecule has 0 radical (unpaired) electrons. The summed E-state index contributed by atoms with van der Waals surface area (Å²) in [6.07, 6.45) is 0. The topological polar surface area (TPSA) is 43.3 Å². The van der Waals surface area contributed by atoms with E-state index < -0.39 is 0 Å². The Morgan fingerprint density at radius 1 is 1.18 bits per heavy atom. The Morgan fingerprint density at radius 3 is 2.76 bits per heavy atom. The Bertz CT molecular complexity index is 710. The number of aryl methyl sites for hydroxylation is 2. The van der Waals surface area contributed by atoms with Crippen LogP contribution in [0.15, 0.2) is 30.3 Å². The number of para-hydroxylation sites is 1. The third-order valence-electron chi connectivity index (χ3n) is 3.30. The minimum atomic E-state index is 0.514. The zero-order chi connectivity index (χ0) is 12.0. The van der Waals surface area contributed by atoms with E-state index >= 15 is 0 Å². The van der Waals surface area contributed by atoms with Gasteiger partial charge in [0.15, 0.2) is 0 Å². The van der Waals surface area contributed by atoms with E-state index in [1.807, 2.05) is 13.0 Å². The molecule has 1 aromatic carbocycles. The van der Waals surface area contributed by atoms with Crippen molar-refractivity contribution in [2.75, 3.05) is 0 Å². The van der Waals surface area contributed by atoms with Crippen molar-refractivity contribution in [2.24, 2.45) is 5.73 Å². The SMILES string of the molecule is Cc1nc2ccc3cccc(C)c3n2c1CN. The molecular formula is C14H15N3. The highest BCUT2D eigenvalue weighted by molar-refractivity contribution is 5.85. The van der Waals surface area contributed by atoms with Crippen molar-refractivity contribution in [1.29, 1.82) is 0 Å². The predicted molar refractivity (Wildman–Crippen MR) is 70.1 cm³/mol. The molecular weight excluding hydrogens is 210 g/mol. The van der Waals surface area contributed by atoms with E-state index in [-0.39, 0.29) is 0 Å². The molecule has 0 aliphatic rings. The molecule has 3 nitrogen and oxygen atoms in total. The Morgan fingerprint density at radius 2 is 2.00 bits per heavy atom. The van der Waals surface area contributed by atoms with Gasteiger partial charge in [-0.1, -0.05) is 18.2 Å². The van der Waals surface area contributed by atoms with Gasteiger partial charge in [0.25, 0.3) is 0 Å². The van der Waals surface area contributed by atoms with Crippen LogP contribution in [0.25, 0.3) is 16.6 Å². The molecule has 0 bridgehead atoms. The van der Waals surface area contributed by atoms with Gasteiger partial charge in [-0.15, -0.1) is 0 Å². The number of aromatic nitrogens is 2. The molecule has 0 unspecified atom stereocenters. The van der Waals surface area contributed by atoms with Gasteiger partial charge in [-0.3, -0.25) is 4.40 Å². The minimum absolute atomic E-state index is 0.514. The van der Waals surface area contributed by atoms with Gasteiger partial charge >= 0.3 is 0 Å². The first-order valence-corrected chi connectivity index (χ1v) is 5.78. The highest BCUT2D eigenvalue weighted by Crippen LogP contribution is 2.23. The zero-order valence-electron chi connectivity index (χ0n) is 10.1. The fourth-order valence-electron chi connectivity index (χ4n) is 2.47. The second-order valence-corrected chi connectivity index (χ2v) is 4.39. The summed E-state index contributed by atoms with van der Waals surface area (Å²) in [5, 5.41) is 1.23. The number of hydrogen-bond donors (Lipinski definition) is 1. The molecule has 0 aliphatic heterocycles. The number of pyridine rings is 1. The lowest BCUT2D eigenvalue weighted by atomic mass is 10.1. The standard InChI is InChI=1S/C14H15N3/c1-9-4-3-5-11-6-7-13-16-10(2)12(8-15)17(13)14(9)11/h3-7H,8,15H2,1-2H3.